The third-order valence-corrected chi connectivity index (χ3v) is 5.39. The van der Waals surface area contributed by atoms with E-state index in [1.165, 1.54) is 28.7 Å². The molecule has 5 N–H and O–H groups in total. The van der Waals surface area contributed by atoms with Crippen LogP contribution >= 0.6 is 21.6 Å². The molecule has 0 fully saturated rings. The number of nitrogens with two attached hydrogens (primary N) is 2. The number of rotatable bonds is 7. The molecule has 0 radical (unpaired) electrons. The van der Waals surface area contributed by atoms with Crippen LogP contribution in [0.4, 0.5) is 0 Å². The molecule has 0 aliphatic carbocycles. The number of carboxylic acid groups (broad SMARTS) is 1. The number of methoxy groups -OCH3 is 1. The van der Waals surface area contributed by atoms with Gasteiger partial charge in [0.15, 0.2) is 0 Å². The van der Waals surface area contributed by atoms with Crippen molar-refractivity contribution in [2.45, 2.75) is 30.7 Å². The van der Waals surface area contributed by atoms with Crippen LogP contribution in [0.15, 0.2) is 0 Å². The van der Waals surface area contributed by atoms with Gasteiger partial charge in [0, 0.05) is 10.5 Å². The summed E-state index contributed by atoms with van der Waals surface area (Å²) in [6.45, 7) is 3.58. The molecule has 8 heteroatoms. The maximum absolute atomic E-state index is 11.3. The molecule has 0 aromatic carbocycles. The summed E-state index contributed by atoms with van der Waals surface area (Å²) in [7, 11) is 3.87. The Morgan fingerprint density at radius 1 is 1.41 bits per heavy atom. The van der Waals surface area contributed by atoms with Gasteiger partial charge < -0.3 is 21.3 Å². The van der Waals surface area contributed by atoms with Crippen molar-refractivity contribution in [2.24, 2.45) is 11.5 Å². The predicted molar refractivity (Wildman–Crippen MR) is 69.7 cm³/mol. The Kier molecular flexibility index (Phi) is 6.91. The fraction of sp³-hybridized carbons (Fsp3) is 0.778. The van der Waals surface area contributed by atoms with Gasteiger partial charge in [0.2, 0.25) is 0 Å². The lowest BCUT2D eigenvalue weighted by Gasteiger charge is -2.28. The van der Waals surface area contributed by atoms with Gasteiger partial charge >= 0.3 is 11.9 Å². The summed E-state index contributed by atoms with van der Waals surface area (Å²) in [5.74, 6) is -1.30. The lowest BCUT2D eigenvalue weighted by Crippen LogP contribution is -2.47. The number of hydrogen-bond acceptors (Lipinski definition) is 7. The number of esters is 1. The minimum absolute atomic E-state index is 0.247. The lowest BCUT2D eigenvalue weighted by molar-refractivity contribution is -0.142. The van der Waals surface area contributed by atoms with Gasteiger partial charge in [-0.2, -0.15) is 0 Å². The van der Waals surface area contributed by atoms with Gasteiger partial charge in [-0.3, -0.25) is 9.59 Å². The van der Waals surface area contributed by atoms with Crippen LogP contribution in [-0.2, 0) is 14.3 Å². The largest absolute Gasteiger partial charge is 0.480 e. The first-order chi connectivity index (χ1) is 7.72. The monoisotopic (exact) mass is 282 g/mol. The zero-order chi connectivity index (χ0) is 13.6. The average molecular weight is 282 g/mol. The molecule has 0 rings (SSSR count). The standard InChI is InChI=1S/C9H18N2O4S2/c1-9(2,6(11)8(14)15-3)17-16-4-5(10)7(12)13/h5-6H,4,10-11H2,1-3H3,(H,12,13)/t5-,6-/m1/s1. The molecule has 0 spiro atoms. The summed E-state index contributed by atoms with van der Waals surface area (Å²) in [6.07, 6.45) is 0. The Hall–Kier alpha value is -0.440. The first kappa shape index (κ1) is 16.6. The van der Waals surface area contributed by atoms with Crippen LogP contribution in [0.1, 0.15) is 13.8 Å². The normalized spacial score (nSPS) is 15.1. The summed E-state index contributed by atoms with van der Waals surface area (Å²) in [5, 5.41) is 8.60. The lowest BCUT2D eigenvalue weighted by atomic mass is 10.1. The summed E-state index contributed by atoms with van der Waals surface area (Å²) >= 11 is 0. The number of aliphatic carboxylic acids is 1. The second-order valence-corrected chi connectivity index (χ2v) is 6.91. The van der Waals surface area contributed by atoms with Gasteiger partial charge in [-0.25, -0.2) is 0 Å². The molecule has 17 heavy (non-hydrogen) atoms. The Bertz CT molecular complexity index is 286. The Morgan fingerprint density at radius 2 is 1.94 bits per heavy atom. The number of carboxylic acids is 1. The third kappa shape index (κ3) is 5.62. The van der Waals surface area contributed by atoms with Crippen LogP contribution in [0.25, 0.3) is 0 Å². The van der Waals surface area contributed by atoms with Gasteiger partial charge in [-0.1, -0.05) is 21.6 Å². The van der Waals surface area contributed by atoms with Crippen molar-refractivity contribution in [3.05, 3.63) is 0 Å². The van der Waals surface area contributed by atoms with Crippen molar-refractivity contribution >= 4 is 33.5 Å². The van der Waals surface area contributed by atoms with Crippen molar-refractivity contribution in [1.82, 2.24) is 0 Å². The zero-order valence-corrected chi connectivity index (χ0v) is 11.6. The summed E-state index contributed by atoms with van der Waals surface area (Å²) in [4.78, 5) is 21.8. The SMILES string of the molecule is COC(=O)[C@@H](N)C(C)(C)SSC[C@@H](N)C(=O)O. The second kappa shape index (κ2) is 7.10. The highest BCUT2D eigenvalue weighted by Gasteiger charge is 2.34. The Labute approximate surface area is 108 Å². The molecule has 0 heterocycles. The van der Waals surface area contributed by atoms with E-state index in [2.05, 4.69) is 4.74 Å². The summed E-state index contributed by atoms with van der Waals surface area (Å²) in [5.41, 5.74) is 11.1. The molecule has 0 bridgehead atoms. The van der Waals surface area contributed by atoms with E-state index in [0.29, 0.717) is 0 Å². The fourth-order valence-electron chi connectivity index (χ4n) is 0.793. The molecular formula is C9H18N2O4S2. The number of carbonyl (C=O) groups is 2. The maximum Gasteiger partial charge on any atom is 0.324 e. The summed E-state index contributed by atoms with van der Waals surface area (Å²) in [6, 6.07) is -1.69. The van der Waals surface area contributed by atoms with Crippen molar-refractivity contribution in [3.8, 4) is 0 Å². The van der Waals surface area contributed by atoms with Crippen molar-refractivity contribution < 1.29 is 19.4 Å². The van der Waals surface area contributed by atoms with Crippen LogP contribution in [0.2, 0.25) is 0 Å². The molecule has 0 aliphatic heterocycles. The highest BCUT2D eigenvalue weighted by atomic mass is 33.1. The van der Waals surface area contributed by atoms with Gasteiger partial charge in [0.1, 0.15) is 12.1 Å². The van der Waals surface area contributed by atoms with E-state index in [9.17, 15) is 9.59 Å². The molecule has 0 aromatic heterocycles. The van der Waals surface area contributed by atoms with E-state index in [0.717, 1.165) is 0 Å². The van der Waals surface area contributed by atoms with Crippen LogP contribution in [0.3, 0.4) is 0 Å². The highest BCUT2D eigenvalue weighted by molar-refractivity contribution is 8.77. The van der Waals surface area contributed by atoms with Crippen LogP contribution in [0, 0.1) is 0 Å². The van der Waals surface area contributed by atoms with Crippen LogP contribution < -0.4 is 11.5 Å². The van der Waals surface area contributed by atoms with E-state index in [4.69, 9.17) is 16.6 Å². The maximum atomic E-state index is 11.3. The van der Waals surface area contributed by atoms with Gasteiger partial charge in [0.05, 0.1) is 7.11 Å². The molecule has 2 atom stereocenters. The number of carbonyl (C=O) groups excluding carboxylic acids is 1. The topological polar surface area (TPSA) is 116 Å². The molecule has 0 saturated carbocycles. The van der Waals surface area contributed by atoms with Crippen LogP contribution in [0.5, 0.6) is 0 Å². The fourth-order valence-corrected chi connectivity index (χ4v) is 3.52. The zero-order valence-electron chi connectivity index (χ0n) is 10.0. The third-order valence-electron chi connectivity index (χ3n) is 2.04. The molecule has 0 saturated heterocycles. The van der Waals surface area contributed by atoms with Crippen molar-refractivity contribution in [1.29, 1.82) is 0 Å². The summed E-state index contributed by atoms with van der Waals surface area (Å²) < 4.78 is 4.00. The minimum Gasteiger partial charge on any atom is -0.480 e. The molecule has 100 valence electrons. The smallest absolute Gasteiger partial charge is 0.324 e. The van der Waals surface area contributed by atoms with E-state index in [1.807, 2.05) is 0 Å². The van der Waals surface area contributed by atoms with Gasteiger partial charge in [0.25, 0.3) is 0 Å². The molecule has 0 aliphatic rings. The second-order valence-electron chi connectivity index (χ2n) is 3.92. The van der Waals surface area contributed by atoms with E-state index in [1.54, 1.807) is 13.8 Å². The van der Waals surface area contributed by atoms with Gasteiger partial charge in [-0.15, -0.1) is 0 Å². The molecule has 0 aromatic rings. The molecule has 0 amide bonds. The molecule has 6 nitrogen and oxygen atoms in total. The predicted octanol–water partition coefficient (Wildman–Crippen LogP) is 0.0586. The quantitative estimate of drug-likeness (QED) is 0.443. The number of hydrogen-bond donors (Lipinski definition) is 3. The Morgan fingerprint density at radius 3 is 2.35 bits per heavy atom. The molecular weight excluding hydrogens is 264 g/mol. The van der Waals surface area contributed by atoms with Crippen molar-refractivity contribution in [2.75, 3.05) is 12.9 Å². The number of ether oxygens (including phenoxy) is 1. The Balaban J connectivity index is 4.18. The van der Waals surface area contributed by atoms with E-state index >= 15 is 0 Å². The first-order valence-electron chi connectivity index (χ1n) is 4.84. The van der Waals surface area contributed by atoms with Crippen LogP contribution in [-0.4, -0.2) is 46.7 Å². The van der Waals surface area contributed by atoms with Gasteiger partial charge in [-0.05, 0) is 13.8 Å². The minimum atomic E-state index is -1.05. The highest BCUT2D eigenvalue weighted by Crippen LogP contribution is 2.37. The first-order valence-corrected chi connectivity index (χ1v) is 7.16. The van der Waals surface area contributed by atoms with E-state index in [-0.39, 0.29) is 5.75 Å². The average Bonchev–Trinajstić information content (AvgIpc) is 2.26. The van der Waals surface area contributed by atoms with E-state index < -0.39 is 28.8 Å². The molecule has 0 unspecified atom stereocenters. The van der Waals surface area contributed by atoms with Crippen molar-refractivity contribution in [3.63, 3.8) is 0 Å².